The van der Waals surface area contributed by atoms with Crippen molar-refractivity contribution in [3.63, 3.8) is 0 Å². The average molecular weight is 319 g/mol. The maximum atomic E-state index is 11.5. The van der Waals surface area contributed by atoms with Gasteiger partial charge in [0.15, 0.2) is 0 Å². The highest BCUT2D eigenvalue weighted by Crippen LogP contribution is 2.24. The fourth-order valence-corrected chi connectivity index (χ4v) is 2.52. The average Bonchev–Trinajstić information content (AvgIpc) is 2.46. The second-order valence-electron chi connectivity index (χ2n) is 5.35. The van der Waals surface area contributed by atoms with Crippen LogP contribution in [0.4, 0.5) is 0 Å². The molecule has 0 saturated heterocycles. The van der Waals surface area contributed by atoms with Gasteiger partial charge < -0.3 is 9.84 Å². The predicted octanol–water partition coefficient (Wildman–Crippen LogP) is 4.59. The number of carboxylic acid groups (broad SMARTS) is 1. The van der Waals surface area contributed by atoms with Gasteiger partial charge in [0, 0.05) is 5.02 Å². The van der Waals surface area contributed by atoms with Gasteiger partial charge in [-0.3, -0.25) is 4.79 Å². The molecule has 4 heteroatoms. The molecule has 22 heavy (non-hydrogen) atoms. The van der Waals surface area contributed by atoms with E-state index in [1.54, 1.807) is 12.1 Å². The number of aliphatic carboxylic acids is 1. The molecule has 1 unspecified atom stereocenters. The third-order valence-electron chi connectivity index (χ3n) is 3.58. The zero-order valence-electron chi connectivity index (χ0n) is 12.7. The number of aryl methyl sites for hydroxylation is 2. The first-order chi connectivity index (χ1) is 10.5. The molecule has 2 aromatic carbocycles. The molecule has 0 bridgehead atoms. The van der Waals surface area contributed by atoms with Crippen LogP contribution < -0.4 is 4.74 Å². The summed E-state index contributed by atoms with van der Waals surface area (Å²) in [6.45, 7) is 4.23. The molecule has 0 aromatic heterocycles. The van der Waals surface area contributed by atoms with Crippen LogP contribution in [0.15, 0.2) is 42.5 Å². The van der Waals surface area contributed by atoms with Gasteiger partial charge in [0.25, 0.3) is 0 Å². The van der Waals surface area contributed by atoms with Crippen molar-refractivity contribution < 1.29 is 14.6 Å². The first kappa shape index (κ1) is 16.4. The van der Waals surface area contributed by atoms with Crippen LogP contribution in [-0.2, 0) is 4.79 Å². The Morgan fingerprint density at radius 1 is 1.18 bits per heavy atom. The van der Waals surface area contributed by atoms with Gasteiger partial charge in [-0.1, -0.05) is 41.4 Å². The first-order valence-electron chi connectivity index (χ1n) is 7.15. The third-order valence-corrected chi connectivity index (χ3v) is 3.81. The Bertz CT molecular complexity index is 650. The van der Waals surface area contributed by atoms with E-state index in [9.17, 15) is 9.90 Å². The quantitative estimate of drug-likeness (QED) is 0.847. The van der Waals surface area contributed by atoms with Crippen molar-refractivity contribution in [2.75, 3.05) is 6.61 Å². The topological polar surface area (TPSA) is 46.5 Å². The summed E-state index contributed by atoms with van der Waals surface area (Å²) in [5, 5.41) is 10.1. The van der Waals surface area contributed by atoms with Crippen LogP contribution in [0.25, 0.3) is 0 Å². The normalized spacial score (nSPS) is 12.0. The number of carboxylic acids is 1. The van der Waals surface area contributed by atoms with Crippen molar-refractivity contribution in [2.24, 2.45) is 0 Å². The van der Waals surface area contributed by atoms with Crippen LogP contribution in [0, 0.1) is 13.8 Å². The van der Waals surface area contributed by atoms with Crippen molar-refractivity contribution >= 4 is 17.6 Å². The van der Waals surface area contributed by atoms with Crippen molar-refractivity contribution in [3.8, 4) is 5.75 Å². The van der Waals surface area contributed by atoms with E-state index in [2.05, 4.69) is 0 Å². The van der Waals surface area contributed by atoms with Gasteiger partial charge in [-0.25, -0.2) is 0 Å². The zero-order chi connectivity index (χ0) is 16.1. The molecule has 1 N–H and O–H groups in total. The summed E-state index contributed by atoms with van der Waals surface area (Å²) >= 11 is 5.90. The number of halogens is 1. The lowest BCUT2D eigenvalue weighted by molar-refractivity contribution is -0.139. The largest absolute Gasteiger partial charge is 0.493 e. The highest BCUT2D eigenvalue weighted by atomic mass is 35.5. The first-order valence-corrected chi connectivity index (χ1v) is 7.53. The van der Waals surface area contributed by atoms with Gasteiger partial charge in [0.2, 0.25) is 0 Å². The Morgan fingerprint density at radius 2 is 1.86 bits per heavy atom. The minimum atomic E-state index is -0.833. The van der Waals surface area contributed by atoms with Crippen LogP contribution in [-0.4, -0.2) is 17.7 Å². The summed E-state index contributed by atoms with van der Waals surface area (Å²) in [6, 6.07) is 13.0. The smallest absolute Gasteiger partial charge is 0.311 e. The molecular formula is C18H19ClO3. The molecule has 0 amide bonds. The zero-order valence-corrected chi connectivity index (χ0v) is 13.4. The Kier molecular flexibility index (Phi) is 5.45. The molecule has 0 spiro atoms. The standard InChI is InChI=1S/C18H19ClO3/c1-12-3-5-14(6-4-12)16(18(20)21)9-10-22-17-8-7-15(19)11-13(17)2/h3-8,11,16H,9-10H2,1-2H3,(H,20,21). The fourth-order valence-electron chi connectivity index (χ4n) is 2.29. The highest BCUT2D eigenvalue weighted by molar-refractivity contribution is 6.30. The summed E-state index contributed by atoms with van der Waals surface area (Å²) in [7, 11) is 0. The lowest BCUT2D eigenvalue weighted by atomic mass is 9.95. The fraction of sp³-hybridized carbons (Fsp3) is 0.278. The van der Waals surface area contributed by atoms with Crippen LogP contribution in [0.2, 0.25) is 5.02 Å². The maximum Gasteiger partial charge on any atom is 0.311 e. The number of hydrogen-bond donors (Lipinski definition) is 1. The van der Waals surface area contributed by atoms with Crippen molar-refractivity contribution in [2.45, 2.75) is 26.2 Å². The van der Waals surface area contributed by atoms with Crippen molar-refractivity contribution in [1.82, 2.24) is 0 Å². The van der Waals surface area contributed by atoms with Crippen molar-refractivity contribution in [3.05, 3.63) is 64.2 Å². The lowest BCUT2D eigenvalue weighted by Crippen LogP contribution is -2.15. The number of carbonyl (C=O) groups is 1. The van der Waals surface area contributed by atoms with Crippen molar-refractivity contribution in [1.29, 1.82) is 0 Å². The van der Waals surface area contributed by atoms with Crippen LogP contribution in [0.5, 0.6) is 5.75 Å². The molecule has 0 heterocycles. The number of benzene rings is 2. The molecule has 1 atom stereocenters. The van der Waals surface area contributed by atoms with E-state index in [0.29, 0.717) is 18.1 Å². The monoisotopic (exact) mass is 318 g/mol. The van der Waals surface area contributed by atoms with E-state index >= 15 is 0 Å². The lowest BCUT2D eigenvalue weighted by Gasteiger charge is -2.15. The number of rotatable bonds is 6. The Morgan fingerprint density at radius 3 is 2.45 bits per heavy atom. The maximum absolute atomic E-state index is 11.5. The Balaban J connectivity index is 2.00. The van der Waals surface area contributed by atoms with Gasteiger partial charge in [-0.15, -0.1) is 0 Å². The van der Waals surface area contributed by atoms with Crippen LogP contribution in [0.3, 0.4) is 0 Å². The molecule has 3 nitrogen and oxygen atoms in total. The summed E-state index contributed by atoms with van der Waals surface area (Å²) in [4.78, 5) is 11.5. The summed E-state index contributed by atoms with van der Waals surface area (Å²) in [5.74, 6) is -0.661. The van der Waals surface area contributed by atoms with Gasteiger partial charge in [0.05, 0.1) is 12.5 Å². The molecule has 0 aliphatic carbocycles. The number of ether oxygens (including phenoxy) is 1. The third kappa shape index (κ3) is 4.25. The van der Waals surface area contributed by atoms with Gasteiger partial charge in [-0.2, -0.15) is 0 Å². The summed E-state index contributed by atoms with van der Waals surface area (Å²) in [6.07, 6.45) is 0.417. The molecule has 0 saturated carbocycles. The van der Waals surface area contributed by atoms with Crippen LogP contribution in [0.1, 0.15) is 29.0 Å². The Labute approximate surface area is 135 Å². The van der Waals surface area contributed by atoms with Gasteiger partial charge in [-0.05, 0) is 49.6 Å². The second-order valence-corrected chi connectivity index (χ2v) is 5.78. The summed E-state index contributed by atoms with van der Waals surface area (Å²) < 4.78 is 5.70. The molecule has 0 fully saturated rings. The van der Waals surface area contributed by atoms with E-state index in [-0.39, 0.29) is 0 Å². The molecule has 0 radical (unpaired) electrons. The van der Waals surface area contributed by atoms with E-state index in [1.807, 2.05) is 44.2 Å². The second kappa shape index (κ2) is 7.32. The predicted molar refractivity (Wildman–Crippen MR) is 87.9 cm³/mol. The molecule has 0 aliphatic heterocycles. The van der Waals surface area contributed by atoms with E-state index < -0.39 is 11.9 Å². The number of hydrogen-bond acceptors (Lipinski definition) is 2. The molecule has 116 valence electrons. The molecular weight excluding hydrogens is 300 g/mol. The van der Waals surface area contributed by atoms with E-state index in [0.717, 1.165) is 22.4 Å². The van der Waals surface area contributed by atoms with Gasteiger partial charge >= 0.3 is 5.97 Å². The van der Waals surface area contributed by atoms with Crippen LogP contribution >= 0.6 is 11.6 Å². The molecule has 2 rings (SSSR count). The molecule has 0 aliphatic rings. The van der Waals surface area contributed by atoms with E-state index in [4.69, 9.17) is 16.3 Å². The Hall–Kier alpha value is -2.00. The van der Waals surface area contributed by atoms with E-state index in [1.165, 1.54) is 0 Å². The summed E-state index contributed by atoms with van der Waals surface area (Å²) in [5.41, 5.74) is 2.85. The molecule has 2 aromatic rings. The minimum Gasteiger partial charge on any atom is -0.493 e. The van der Waals surface area contributed by atoms with Gasteiger partial charge in [0.1, 0.15) is 5.75 Å². The highest BCUT2D eigenvalue weighted by Gasteiger charge is 2.19. The minimum absolute atomic E-state index is 0.341. The SMILES string of the molecule is Cc1ccc(C(CCOc2ccc(Cl)cc2C)C(=O)O)cc1.